The quantitative estimate of drug-likeness (QED) is 0.827. The van der Waals surface area contributed by atoms with Crippen LogP contribution in [-0.2, 0) is 20.7 Å². The third-order valence-electron chi connectivity index (χ3n) is 3.34. The van der Waals surface area contributed by atoms with Crippen molar-refractivity contribution >= 4 is 5.91 Å². The molecule has 1 amide bonds. The van der Waals surface area contributed by atoms with E-state index in [1.807, 2.05) is 45.0 Å². The van der Waals surface area contributed by atoms with Crippen molar-refractivity contribution in [1.29, 1.82) is 0 Å². The summed E-state index contributed by atoms with van der Waals surface area (Å²) in [6.07, 6.45) is 0.558. The highest BCUT2D eigenvalue weighted by molar-refractivity contribution is 5.86. The van der Waals surface area contributed by atoms with Crippen molar-refractivity contribution in [2.24, 2.45) is 5.73 Å². The van der Waals surface area contributed by atoms with Gasteiger partial charge in [-0.3, -0.25) is 4.79 Å². The number of carbonyl (C=O) groups excluding carboxylic acids is 1. The van der Waals surface area contributed by atoms with Gasteiger partial charge in [0.1, 0.15) is 0 Å². The van der Waals surface area contributed by atoms with Gasteiger partial charge >= 0.3 is 0 Å². The van der Waals surface area contributed by atoms with Crippen LogP contribution in [0.5, 0.6) is 0 Å². The lowest BCUT2D eigenvalue weighted by Crippen LogP contribution is -2.42. The number of rotatable bonds is 2. The summed E-state index contributed by atoms with van der Waals surface area (Å²) < 4.78 is 5.94. The van der Waals surface area contributed by atoms with Gasteiger partial charge < -0.3 is 10.5 Å². The lowest BCUT2D eigenvalue weighted by Gasteiger charge is -2.28. The number of carbonyl (C=O) groups is 1. The Morgan fingerprint density at radius 2 is 1.88 bits per heavy atom. The molecule has 86 valence electrons. The van der Waals surface area contributed by atoms with Gasteiger partial charge in [0, 0.05) is 0 Å². The Morgan fingerprint density at radius 3 is 2.38 bits per heavy atom. The molecule has 0 fully saturated rings. The molecule has 1 aromatic rings. The average molecular weight is 219 g/mol. The van der Waals surface area contributed by atoms with Crippen LogP contribution in [0, 0.1) is 0 Å². The fourth-order valence-electron chi connectivity index (χ4n) is 2.53. The van der Waals surface area contributed by atoms with E-state index in [4.69, 9.17) is 10.5 Å². The maximum Gasteiger partial charge on any atom is 0.254 e. The molecule has 0 saturated heterocycles. The zero-order chi connectivity index (χ0) is 12.0. The molecule has 1 aliphatic rings. The van der Waals surface area contributed by atoms with Crippen molar-refractivity contribution in [3.63, 3.8) is 0 Å². The summed E-state index contributed by atoms with van der Waals surface area (Å²) in [5.41, 5.74) is 6.06. The molecule has 2 rings (SSSR count). The number of ether oxygens (including phenoxy) is 1. The molecule has 0 radical (unpaired) electrons. The van der Waals surface area contributed by atoms with E-state index in [0.29, 0.717) is 6.42 Å². The van der Waals surface area contributed by atoms with Gasteiger partial charge in [0.25, 0.3) is 5.91 Å². The van der Waals surface area contributed by atoms with Crippen LogP contribution in [0.1, 0.15) is 38.3 Å². The van der Waals surface area contributed by atoms with E-state index < -0.39 is 17.1 Å². The van der Waals surface area contributed by atoms with Crippen molar-refractivity contribution in [2.75, 3.05) is 0 Å². The van der Waals surface area contributed by atoms with E-state index in [9.17, 15) is 4.79 Å². The molecule has 0 saturated carbocycles. The van der Waals surface area contributed by atoms with Gasteiger partial charge in [0.05, 0.1) is 5.60 Å². The molecule has 2 N–H and O–H groups in total. The molecule has 1 aromatic carbocycles. The Bertz CT molecular complexity index is 439. The SMILES string of the molecule is CC[C@]1(C(N)=O)OC(C)(C)c2ccccc21. The molecule has 0 unspecified atom stereocenters. The summed E-state index contributed by atoms with van der Waals surface area (Å²) in [6.45, 7) is 5.85. The summed E-state index contributed by atoms with van der Waals surface area (Å²) in [7, 11) is 0. The maximum absolute atomic E-state index is 11.7. The van der Waals surface area contributed by atoms with Crippen LogP contribution >= 0.6 is 0 Å². The highest BCUT2D eigenvalue weighted by Crippen LogP contribution is 2.48. The number of hydrogen-bond acceptors (Lipinski definition) is 2. The van der Waals surface area contributed by atoms with Crippen LogP contribution in [0.4, 0.5) is 0 Å². The zero-order valence-corrected chi connectivity index (χ0v) is 9.91. The molecule has 0 spiro atoms. The number of primary amides is 1. The minimum absolute atomic E-state index is 0.409. The van der Waals surface area contributed by atoms with Crippen LogP contribution in [0.25, 0.3) is 0 Å². The molecule has 0 aromatic heterocycles. The highest BCUT2D eigenvalue weighted by atomic mass is 16.5. The molecule has 3 heteroatoms. The standard InChI is InChI=1S/C13H17NO2/c1-4-13(11(14)15)10-8-6-5-7-9(10)12(2,3)16-13/h5-8H,4H2,1-3H3,(H2,14,15)/t13-/m0/s1. The monoisotopic (exact) mass is 219 g/mol. The van der Waals surface area contributed by atoms with E-state index in [-0.39, 0.29) is 0 Å². The van der Waals surface area contributed by atoms with Gasteiger partial charge in [-0.2, -0.15) is 0 Å². The van der Waals surface area contributed by atoms with Crippen LogP contribution < -0.4 is 5.73 Å². The second kappa shape index (κ2) is 3.32. The summed E-state index contributed by atoms with van der Waals surface area (Å²) in [6, 6.07) is 7.79. The molecular weight excluding hydrogens is 202 g/mol. The predicted molar refractivity (Wildman–Crippen MR) is 61.7 cm³/mol. The van der Waals surface area contributed by atoms with Gasteiger partial charge in [-0.15, -0.1) is 0 Å². The first-order valence-electron chi connectivity index (χ1n) is 5.54. The normalized spacial score (nSPS) is 26.4. The van der Waals surface area contributed by atoms with Gasteiger partial charge in [-0.1, -0.05) is 31.2 Å². The highest BCUT2D eigenvalue weighted by Gasteiger charge is 2.51. The zero-order valence-electron chi connectivity index (χ0n) is 9.91. The van der Waals surface area contributed by atoms with Crippen LogP contribution in [0.3, 0.4) is 0 Å². The number of benzene rings is 1. The lowest BCUT2D eigenvalue weighted by molar-refractivity contribution is -0.163. The number of fused-ring (bicyclic) bond motifs is 1. The molecule has 3 nitrogen and oxygen atoms in total. The molecule has 0 aliphatic carbocycles. The third kappa shape index (κ3) is 1.28. The van der Waals surface area contributed by atoms with E-state index in [1.54, 1.807) is 0 Å². The smallest absolute Gasteiger partial charge is 0.254 e. The summed E-state index contributed by atoms with van der Waals surface area (Å²) in [5, 5.41) is 0. The van der Waals surface area contributed by atoms with Gasteiger partial charge in [0.2, 0.25) is 0 Å². The molecule has 1 heterocycles. The van der Waals surface area contributed by atoms with Crippen LogP contribution in [0.15, 0.2) is 24.3 Å². The van der Waals surface area contributed by atoms with E-state index >= 15 is 0 Å². The van der Waals surface area contributed by atoms with Crippen molar-refractivity contribution in [2.45, 2.75) is 38.4 Å². The maximum atomic E-state index is 11.7. The largest absolute Gasteiger partial charge is 0.367 e. The number of amides is 1. The van der Waals surface area contributed by atoms with E-state index in [2.05, 4.69) is 0 Å². The van der Waals surface area contributed by atoms with Crippen molar-refractivity contribution < 1.29 is 9.53 Å². The Morgan fingerprint density at radius 1 is 1.31 bits per heavy atom. The Hall–Kier alpha value is -1.35. The molecule has 16 heavy (non-hydrogen) atoms. The number of hydrogen-bond donors (Lipinski definition) is 1. The van der Waals surface area contributed by atoms with E-state index in [0.717, 1.165) is 11.1 Å². The van der Waals surface area contributed by atoms with Gasteiger partial charge in [0.15, 0.2) is 5.60 Å². The number of nitrogens with two attached hydrogens (primary N) is 1. The summed E-state index contributed by atoms with van der Waals surface area (Å²) >= 11 is 0. The molecule has 1 atom stereocenters. The first-order valence-corrected chi connectivity index (χ1v) is 5.54. The van der Waals surface area contributed by atoms with Gasteiger partial charge in [-0.05, 0) is 31.4 Å². The molecule has 0 bridgehead atoms. The van der Waals surface area contributed by atoms with Gasteiger partial charge in [-0.25, -0.2) is 0 Å². The minimum Gasteiger partial charge on any atom is -0.367 e. The second-order valence-electron chi connectivity index (χ2n) is 4.70. The molecule has 1 aliphatic heterocycles. The van der Waals surface area contributed by atoms with Crippen molar-refractivity contribution in [3.05, 3.63) is 35.4 Å². The Labute approximate surface area is 95.6 Å². The van der Waals surface area contributed by atoms with Crippen molar-refractivity contribution in [3.8, 4) is 0 Å². The van der Waals surface area contributed by atoms with Crippen LogP contribution in [-0.4, -0.2) is 5.91 Å². The topological polar surface area (TPSA) is 52.3 Å². The Balaban J connectivity index is 2.68. The summed E-state index contributed by atoms with van der Waals surface area (Å²) in [5.74, 6) is -0.409. The van der Waals surface area contributed by atoms with E-state index in [1.165, 1.54) is 0 Å². The minimum atomic E-state index is -0.958. The first-order chi connectivity index (χ1) is 7.44. The average Bonchev–Trinajstić information content (AvgIpc) is 2.49. The first kappa shape index (κ1) is 11.1. The third-order valence-corrected chi connectivity index (χ3v) is 3.34. The fraction of sp³-hybridized carbons (Fsp3) is 0.462. The summed E-state index contributed by atoms with van der Waals surface area (Å²) in [4.78, 5) is 11.7. The predicted octanol–water partition coefficient (Wildman–Crippen LogP) is 2.04. The second-order valence-corrected chi connectivity index (χ2v) is 4.70. The van der Waals surface area contributed by atoms with Crippen molar-refractivity contribution in [1.82, 2.24) is 0 Å². The fourth-order valence-corrected chi connectivity index (χ4v) is 2.53. The molecular formula is C13H17NO2. The Kier molecular flexibility index (Phi) is 2.31. The van der Waals surface area contributed by atoms with Crippen LogP contribution in [0.2, 0.25) is 0 Å². The lowest BCUT2D eigenvalue weighted by atomic mass is 9.87.